The minimum atomic E-state index is -0.146. The topological polar surface area (TPSA) is 6.48 Å². The lowest BCUT2D eigenvalue weighted by Gasteiger charge is -2.30. The molecule has 16 aromatic rings. The van der Waals surface area contributed by atoms with Crippen LogP contribution in [-0.4, -0.2) is 0 Å². The van der Waals surface area contributed by atoms with Crippen LogP contribution in [0.3, 0.4) is 0 Å². The number of nitrogens with zero attached hydrogens (tertiary/aromatic N) is 2. The maximum absolute atomic E-state index is 2.52. The maximum atomic E-state index is 2.52. The lowest BCUT2D eigenvalue weighted by atomic mass is 9.78. The second-order valence-electron chi connectivity index (χ2n) is 47.7. The first kappa shape index (κ1) is 88.7. The fourth-order valence-corrected chi connectivity index (χ4v) is 24.0. The standard InChI is InChI=1S/C67H67N.C66H65N/c1-40-19-25-46(26-20-40)68(47-27-32-54-49-17-15-16-18-57(49)65(9,10)62(54)39-47)48-37-55(42-21-28-50-52-30-23-44(63(3,4)5)35-60(52)66(11,12)58(50)33-42)41(2)56(38-48)43-22-29-51-53-31-24-45(64(6,7)8)36-61(53)67(13,14)59(51)34-43;1-40-18-24-47(25-19-40)67(48-26-31-55-50-16-14-15-17-56(50)64(8,9)61(55)39-48)49-33-43(41-20-27-51-53-29-22-45(62(2,3)4)37-59(53)65(10,11)57(51)35-41)32-44(34-49)42-21-28-52-54-30-23-46(63(5,6)7)38-60(54)66(12,13)58(52)36-42/h15-39H,1-14H3;14-39H,1-13H3. The lowest BCUT2D eigenvalue weighted by molar-refractivity contribution is 0.584. The van der Waals surface area contributed by atoms with Gasteiger partial charge in [-0.05, 0) is 351 Å². The first-order chi connectivity index (χ1) is 63.7. The summed E-state index contributed by atoms with van der Waals surface area (Å²) in [5, 5.41) is 0. The van der Waals surface area contributed by atoms with Crippen molar-refractivity contribution in [3.05, 3.63) is 415 Å². The van der Waals surface area contributed by atoms with Gasteiger partial charge < -0.3 is 9.80 Å². The summed E-state index contributed by atoms with van der Waals surface area (Å²) >= 11 is 0. The van der Waals surface area contributed by atoms with Crippen LogP contribution in [0.15, 0.2) is 309 Å². The molecule has 0 fully saturated rings. The Labute approximate surface area is 805 Å². The van der Waals surface area contributed by atoms with E-state index in [4.69, 9.17) is 0 Å². The Morgan fingerprint density at radius 3 is 0.681 bits per heavy atom. The molecule has 16 aromatic carbocycles. The molecular weight excluding hydrogens is 1630 g/mol. The fraction of sp³-hybridized carbons (Fsp3) is 0.278. The van der Waals surface area contributed by atoms with Crippen molar-refractivity contribution in [2.75, 3.05) is 9.80 Å². The Hall–Kier alpha value is -12.9. The van der Waals surface area contributed by atoms with Gasteiger partial charge in [0.15, 0.2) is 0 Å². The molecule has 6 aliphatic rings. The van der Waals surface area contributed by atoms with E-state index in [1.165, 1.54) is 217 Å². The molecule has 2 heteroatoms. The van der Waals surface area contributed by atoms with Crippen LogP contribution < -0.4 is 9.80 Å². The summed E-state index contributed by atoms with van der Waals surface area (Å²) in [6.45, 7) is 63.4. The van der Waals surface area contributed by atoms with Gasteiger partial charge in [-0.1, -0.05) is 384 Å². The minimum absolute atomic E-state index is 0.0752. The van der Waals surface area contributed by atoms with Crippen LogP contribution in [0.1, 0.15) is 272 Å². The van der Waals surface area contributed by atoms with E-state index in [9.17, 15) is 0 Å². The highest BCUT2D eigenvalue weighted by Crippen LogP contribution is 2.60. The van der Waals surface area contributed by atoms with Crippen LogP contribution in [-0.2, 0) is 54.1 Å². The van der Waals surface area contributed by atoms with Crippen molar-refractivity contribution in [3.8, 4) is 111 Å². The summed E-state index contributed by atoms with van der Waals surface area (Å²) in [6, 6.07) is 121. The fourth-order valence-electron chi connectivity index (χ4n) is 24.0. The molecular formula is C133H132N2. The van der Waals surface area contributed by atoms with Crippen molar-refractivity contribution in [3.63, 3.8) is 0 Å². The van der Waals surface area contributed by atoms with Crippen LogP contribution in [0.5, 0.6) is 0 Å². The second kappa shape index (κ2) is 30.6. The minimum Gasteiger partial charge on any atom is -0.310 e. The van der Waals surface area contributed by atoms with Gasteiger partial charge in [-0.2, -0.15) is 0 Å². The molecule has 0 heterocycles. The molecule has 0 atom stereocenters. The molecule has 0 aliphatic heterocycles. The zero-order valence-corrected chi connectivity index (χ0v) is 84.8. The SMILES string of the molecule is Cc1ccc(N(c2cc(-c3ccc4c(c3)C(C)(C)c3cc(C(C)(C)C)ccc3-4)c(C)c(-c3ccc4c(c3)C(C)(C)c3cc(C(C)(C)C)ccc3-4)c2)c2ccc3c(c2)C(C)(C)c2ccccc2-3)cc1.Cc1ccc(N(c2cc(-c3ccc4c(c3)C(C)(C)c3cc(C(C)(C)C)ccc3-4)cc(-c3ccc4c(c3)C(C)(C)c3cc(C(C)(C)C)ccc3-4)c2)c2ccc3c(c2)C(C)(C)c2ccccc2-3)cc1. The van der Waals surface area contributed by atoms with E-state index < -0.39 is 0 Å². The van der Waals surface area contributed by atoms with Crippen molar-refractivity contribution in [2.45, 2.75) is 241 Å². The summed E-state index contributed by atoms with van der Waals surface area (Å²) in [5.74, 6) is 0. The van der Waals surface area contributed by atoms with E-state index in [2.05, 4.69) is 506 Å². The van der Waals surface area contributed by atoms with Gasteiger partial charge in [-0.15, -0.1) is 0 Å². The predicted molar refractivity (Wildman–Crippen MR) is 578 cm³/mol. The molecule has 0 saturated carbocycles. The van der Waals surface area contributed by atoms with Gasteiger partial charge in [0.2, 0.25) is 0 Å². The molecule has 6 aliphatic carbocycles. The van der Waals surface area contributed by atoms with Crippen LogP contribution in [0.25, 0.3) is 111 Å². The Bertz CT molecular complexity index is 7340. The number of rotatable bonds is 10. The lowest BCUT2D eigenvalue weighted by Crippen LogP contribution is -2.18. The number of hydrogen-bond donors (Lipinski definition) is 0. The Balaban J connectivity index is 0.000000162. The van der Waals surface area contributed by atoms with Gasteiger partial charge in [0.25, 0.3) is 0 Å². The van der Waals surface area contributed by atoms with E-state index in [0.29, 0.717) is 0 Å². The van der Waals surface area contributed by atoms with Crippen molar-refractivity contribution in [1.29, 1.82) is 0 Å². The van der Waals surface area contributed by atoms with E-state index in [-0.39, 0.29) is 54.1 Å². The predicted octanol–water partition coefficient (Wildman–Crippen LogP) is 36.9. The molecule has 0 N–H and O–H groups in total. The van der Waals surface area contributed by atoms with Gasteiger partial charge in [-0.3, -0.25) is 0 Å². The molecule has 0 aromatic heterocycles. The number of hydrogen-bond acceptors (Lipinski definition) is 2. The average molecular weight is 1760 g/mol. The third kappa shape index (κ3) is 14.3. The van der Waals surface area contributed by atoms with Crippen molar-refractivity contribution in [2.24, 2.45) is 0 Å². The van der Waals surface area contributed by atoms with Gasteiger partial charge in [0.05, 0.1) is 0 Å². The smallest absolute Gasteiger partial charge is 0.0474 e. The van der Waals surface area contributed by atoms with Gasteiger partial charge in [0, 0.05) is 66.6 Å². The summed E-state index contributed by atoms with van der Waals surface area (Å²) in [4.78, 5) is 5.00. The zero-order valence-electron chi connectivity index (χ0n) is 84.8. The van der Waals surface area contributed by atoms with Crippen molar-refractivity contribution in [1.82, 2.24) is 0 Å². The van der Waals surface area contributed by atoms with Gasteiger partial charge in [-0.25, -0.2) is 0 Å². The molecule has 0 radical (unpaired) electrons. The van der Waals surface area contributed by atoms with Crippen molar-refractivity contribution >= 4 is 34.1 Å². The Morgan fingerprint density at radius 2 is 0.385 bits per heavy atom. The van der Waals surface area contributed by atoms with Gasteiger partial charge in [0.1, 0.15) is 0 Å². The molecule has 0 unspecified atom stereocenters. The van der Waals surface area contributed by atoms with E-state index >= 15 is 0 Å². The first-order valence-corrected chi connectivity index (χ1v) is 49.4. The number of benzene rings is 16. The molecule has 674 valence electrons. The van der Waals surface area contributed by atoms with Crippen molar-refractivity contribution < 1.29 is 0 Å². The van der Waals surface area contributed by atoms with E-state index in [1.54, 1.807) is 0 Å². The van der Waals surface area contributed by atoms with E-state index in [1.807, 2.05) is 0 Å². The quantitative estimate of drug-likeness (QED) is 0.135. The monoisotopic (exact) mass is 1760 g/mol. The van der Waals surface area contributed by atoms with Crippen LogP contribution in [0.2, 0.25) is 0 Å². The highest BCUT2D eigenvalue weighted by molar-refractivity contribution is 5.97. The highest BCUT2D eigenvalue weighted by atomic mass is 15.1. The number of fused-ring (bicyclic) bond motifs is 18. The Morgan fingerprint density at radius 1 is 0.163 bits per heavy atom. The largest absolute Gasteiger partial charge is 0.310 e. The highest BCUT2D eigenvalue weighted by Gasteiger charge is 2.44. The average Bonchev–Trinajstić information content (AvgIpc) is 1.79. The van der Waals surface area contributed by atoms with E-state index in [0.717, 1.165) is 34.1 Å². The normalized spacial score (nSPS) is 15.6. The zero-order chi connectivity index (χ0) is 95.2. The second-order valence-corrected chi connectivity index (χ2v) is 47.7. The summed E-state index contributed by atoms with van der Waals surface area (Å²) < 4.78 is 0. The first-order valence-electron chi connectivity index (χ1n) is 49.4. The van der Waals surface area contributed by atoms with Crippen LogP contribution in [0, 0.1) is 20.8 Å². The molecule has 22 rings (SSSR count). The molecule has 2 nitrogen and oxygen atoms in total. The van der Waals surface area contributed by atoms with Crippen LogP contribution in [0.4, 0.5) is 34.1 Å². The molecule has 0 saturated heterocycles. The number of anilines is 6. The molecule has 0 amide bonds. The number of aryl methyl sites for hydroxylation is 2. The summed E-state index contributed by atoms with van der Waals surface area (Å²) in [5.41, 5.74) is 58.5. The van der Waals surface area contributed by atoms with Crippen LogP contribution >= 0.6 is 0 Å². The van der Waals surface area contributed by atoms with Gasteiger partial charge >= 0.3 is 0 Å². The third-order valence-electron chi connectivity index (χ3n) is 32.5. The third-order valence-corrected chi connectivity index (χ3v) is 32.5. The molecule has 135 heavy (non-hydrogen) atoms. The molecule has 0 bridgehead atoms. The molecule has 0 spiro atoms. The summed E-state index contributed by atoms with van der Waals surface area (Å²) in [6.07, 6.45) is 0. The maximum Gasteiger partial charge on any atom is 0.0474 e. The Kier molecular flexibility index (Phi) is 20.1. The summed E-state index contributed by atoms with van der Waals surface area (Å²) in [7, 11) is 0.